The number of carbonyl (C=O) groups is 1. The highest BCUT2D eigenvalue weighted by Gasteiger charge is 2.32. The van der Waals surface area contributed by atoms with Crippen molar-refractivity contribution in [3.05, 3.63) is 36.3 Å². The highest BCUT2D eigenvalue weighted by molar-refractivity contribution is 7.20. The smallest absolute Gasteiger partial charge is 0.225 e. The van der Waals surface area contributed by atoms with Crippen LogP contribution in [0, 0.1) is 11.7 Å². The number of aromatic nitrogens is 3. The third-order valence-electron chi connectivity index (χ3n) is 5.72. The highest BCUT2D eigenvalue weighted by Crippen LogP contribution is 2.29. The van der Waals surface area contributed by atoms with E-state index >= 15 is 0 Å². The zero-order valence-corrected chi connectivity index (χ0v) is 16.3. The van der Waals surface area contributed by atoms with E-state index in [1.807, 2.05) is 11.1 Å². The molecule has 2 fully saturated rings. The number of hydrogen-bond donors (Lipinski definition) is 1. The molecule has 2 aromatic heterocycles. The van der Waals surface area contributed by atoms with E-state index in [2.05, 4.69) is 15.4 Å². The van der Waals surface area contributed by atoms with Gasteiger partial charge in [0.2, 0.25) is 16.0 Å². The average Bonchev–Trinajstić information content (AvgIpc) is 3.46. The summed E-state index contributed by atoms with van der Waals surface area (Å²) in [6.07, 6.45) is 7.27. The maximum Gasteiger partial charge on any atom is 0.225 e. The predicted molar refractivity (Wildman–Crippen MR) is 107 cm³/mol. The van der Waals surface area contributed by atoms with Crippen LogP contribution in [0.5, 0.6) is 0 Å². The summed E-state index contributed by atoms with van der Waals surface area (Å²) in [6.45, 7) is 1.57. The molecule has 1 aliphatic carbocycles. The molecule has 1 atom stereocenters. The number of anilines is 1. The summed E-state index contributed by atoms with van der Waals surface area (Å²) in [5, 5.41) is 8.85. The van der Waals surface area contributed by atoms with Crippen LogP contribution in [0.25, 0.3) is 16.2 Å². The molecule has 1 aromatic carbocycles. The summed E-state index contributed by atoms with van der Waals surface area (Å²) in [5.41, 5.74) is 1.64. The van der Waals surface area contributed by atoms with Crippen molar-refractivity contribution < 1.29 is 9.18 Å². The maximum atomic E-state index is 13.1. The summed E-state index contributed by atoms with van der Waals surface area (Å²) in [5.74, 6) is 0.317. The van der Waals surface area contributed by atoms with E-state index in [0.717, 1.165) is 53.7 Å². The second kappa shape index (κ2) is 7.16. The van der Waals surface area contributed by atoms with Crippen molar-refractivity contribution in [3.8, 4) is 11.3 Å². The van der Waals surface area contributed by atoms with Crippen LogP contribution in [0.2, 0.25) is 0 Å². The van der Waals surface area contributed by atoms with E-state index in [1.165, 1.54) is 36.3 Å². The first-order valence-electron chi connectivity index (χ1n) is 9.83. The quantitative estimate of drug-likeness (QED) is 0.725. The molecule has 5 rings (SSSR count). The fraction of sp³-hybridized carbons (Fsp3) is 0.450. The Labute approximate surface area is 166 Å². The van der Waals surface area contributed by atoms with Gasteiger partial charge in [-0.2, -0.15) is 0 Å². The van der Waals surface area contributed by atoms with Gasteiger partial charge in [0.05, 0.1) is 11.9 Å². The molecular weight excluding hydrogens is 377 g/mol. The minimum atomic E-state index is -0.258. The van der Waals surface area contributed by atoms with Crippen LogP contribution in [0.15, 0.2) is 30.5 Å². The van der Waals surface area contributed by atoms with Crippen LogP contribution in [0.3, 0.4) is 0 Å². The first-order chi connectivity index (χ1) is 13.7. The number of rotatable bonds is 4. The number of hydrogen-bond acceptors (Lipinski definition) is 5. The number of fused-ring (bicyclic) bond motifs is 1. The van der Waals surface area contributed by atoms with Crippen LogP contribution in [-0.2, 0) is 4.79 Å². The van der Waals surface area contributed by atoms with Crippen LogP contribution in [-0.4, -0.2) is 44.5 Å². The lowest BCUT2D eigenvalue weighted by atomic mass is 10.1. The van der Waals surface area contributed by atoms with E-state index in [1.54, 1.807) is 16.6 Å². The zero-order chi connectivity index (χ0) is 19.1. The van der Waals surface area contributed by atoms with Crippen molar-refractivity contribution in [1.82, 2.24) is 19.5 Å². The Morgan fingerprint density at radius 3 is 2.71 bits per heavy atom. The van der Waals surface area contributed by atoms with Crippen molar-refractivity contribution in [2.24, 2.45) is 5.92 Å². The normalized spacial score (nSPS) is 20.3. The zero-order valence-electron chi connectivity index (χ0n) is 15.5. The van der Waals surface area contributed by atoms with Crippen LogP contribution < -0.4 is 5.32 Å². The largest absolute Gasteiger partial charge is 0.355 e. The van der Waals surface area contributed by atoms with Gasteiger partial charge >= 0.3 is 0 Å². The second-order valence-electron chi connectivity index (χ2n) is 7.66. The number of benzene rings is 1. The highest BCUT2D eigenvalue weighted by atomic mass is 32.1. The Morgan fingerprint density at radius 2 is 1.96 bits per heavy atom. The number of likely N-dealkylation sites (tertiary alicyclic amines) is 1. The third kappa shape index (κ3) is 3.37. The van der Waals surface area contributed by atoms with Crippen LogP contribution in [0.4, 0.5) is 9.52 Å². The number of halogens is 1. The van der Waals surface area contributed by atoms with Gasteiger partial charge in [-0.05, 0) is 43.5 Å². The summed E-state index contributed by atoms with van der Waals surface area (Å²) in [7, 11) is 0. The molecule has 0 bridgehead atoms. The Bertz CT molecular complexity index is 960. The summed E-state index contributed by atoms with van der Waals surface area (Å²) >= 11 is 1.49. The standard InChI is InChI=1S/C20H22FN5OS/c21-15-7-5-13(6-8-15)17-12-26-20(23-17)28-19(24-26)22-16-9-10-25(11-16)18(27)14-3-1-2-4-14/h5-8,12,14,16H,1-4,9-11H2,(H,22,24). The number of imidazole rings is 1. The Hall–Kier alpha value is -2.48. The van der Waals surface area contributed by atoms with Gasteiger partial charge in [0.1, 0.15) is 5.82 Å². The predicted octanol–water partition coefficient (Wildman–Crippen LogP) is 3.80. The molecule has 146 valence electrons. The number of carbonyl (C=O) groups excluding carboxylic acids is 1. The molecule has 0 radical (unpaired) electrons. The summed E-state index contributed by atoms with van der Waals surface area (Å²) in [4.78, 5) is 20.0. The lowest BCUT2D eigenvalue weighted by Gasteiger charge is -2.20. The van der Waals surface area contributed by atoms with Crippen molar-refractivity contribution in [2.75, 3.05) is 18.4 Å². The maximum absolute atomic E-state index is 13.1. The van der Waals surface area contributed by atoms with E-state index in [0.29, 0.717) is 5.91 Å². The third-order valence-corrected chi connectivity index (χ3v) is 6.57. The summed E-state index contributed by atoms with van der Waals surface area (Å²) < 4.78 is 14.8. The summed E-state index contributed by atoms with van der Waals surface area (Å²) in [6, 6.07) is 6.53. The van der Waals surface area contributed by atoms with Crippen molar-refractivity contribution in [2.45, 2.75) is 38.1 Å². The average molecular weight is 399 g/mol. The molecule has 2 aliphatic rings. The molecule has 3 heterocycles. The molecule has 0 spiro atoms. The van der Waals surface area contributed by atoms with E-state index < -0.39 is 0 Å². The molecule has 1 N–H and O–H groups in total. The Balaban J connectivity index is 1.24. The SMILES string of the molecule is O=C(C1CCCC1)N1CCC(Nc2nn3cc(-c4ccc(F)cc4)nc3s2)C1. The van der Waals surface area contributed by atoms with Gasteiger partial charge in [-0.15, -0.1) is 5.10 Å². The lowest BCUT2D eigenvalue weighted by Crippen LogP contribution is -2.35. The molecule has 8 heteroatoms. The van der Waals surface area contributed by atoms with Gasteiger partial charge < -0.3 is 10.2 Å². The van der Waals surface area contributed by atoms with Gasteiger partial charge in [0.25, 0.3) is 0 Å². The minimum absolute atomic E-state index is 0.234. The second-order valence-corrected chi connectivity index (χ2v) is 8.62. The molecule has 1 unspecified atom stereocenters. The molecule has 28 heavy (non-hydrogen) atoms. The molecule has 1 saturated carbocycles. The van der Waals surface area contributed by atoms with Crippen molar-refractivity contribution >= 4 is 27.3 Å². The lowest BCUT2D eigenvalue weighted by molar-refractivity contribution is -0.134. The molecule has 1 aliphatic heterocycles. The first-order valence-corrected chi connectivity index (χ1v) is 10.6. The van der Waals surface area contributed by atoms with Gasteiger partial charge in [-0.3, -0.25) is 4.79 Å². The van der Waals surface area contributed by atoms with E-state index in [-0.39, 0.29) is 17.8 Å². The minimum Gasteiger partial charge on any atom is -0.355 e. The Morgan fingerprint density at radius 1 is 1.18 bits per heavy atom. The van der Waals surface area contributed by atoms with Gasteiger partial charge in [-0.1, -0.05) is 24.2 Å². The fourth-order valence-electron chi connectivity index (χ4n) is 4.20. The Kier molecular flexibility index (Phi) is 4.50. The molecule has 6 nitrogen and oxygen atoms in total. The van der Waals surface area contributed by atoms with Gasteiger partial charge in [0, 0.05) is 30.6 Å². The van der Waals surface area contributed by atoms with Crippen molar-refractivity contribution in [1.29, 1.82) is 0 Å². The van der Waals surface area contributed by atoms with Gasteiger partial charge in [0.15, 0.2) is 0 Å². The number of amides is 1. The molecular formula is C20H22FN5OS. The fourth-order valence-corrected chi connectivity index (χ4v) is 5.06. The molecule has 1 amide bonds. The number of nitrogens with zero attached hydrogens (tertiary/aromatic N) is 4. The van der Waals surface area contributed by atoms with Crippen LogP contribution in [0.1, 0.15) is 32.1 Å². The number of nitrogens with one attached hydrogen (secondary N) is 1. The topological polar surface area (TPSA) is 62.5 Å². The first kappa shape index (κ1) is 17.6. The van der Waals surface area contributed by atoms with E-state index in [9.17, 15) is 9.18 Å². The van der Waals surface area contributed by atoms with Crippen LogP contribution >= 0.6 is 11.3 Å². The molecule has 1 saturated heterocycles. The van der Waals surface area contributed by atoms with E-state index in [4.69, 9.17) is 0 Å². The molecule has 3 aromatic rings. The van der Waals surface area contributed by atoms with Crippen molar-refractivity contribution in [3.63, 3.8) is 0 Å². The monoisotopic (exact) mass is 399 g/mol. The van der Waals surface area contributed by atoms with Gasteiger partial charge in [-0.25, -0.2) is 13.9 Å².